The van der Waals surface area contributed by atoms with Crippen LogP contribution in [0.2, 0.25) is 10.0 Å². The molecule has 1 saturated carbocycles. The Bertz CT molecular complexity index is 1050. The van der Waals surface area contributed by atoms with Gasteiger partial charge in [-0.3, -0.25) is 0 Å². The number of halogens is 2. The number of hydrogen-bond donors (Lipinski definition) is 0. The van der Waals surface area contributed by atoms with Crippen LogP contribution in [0.4, 0.5) is 5.82 Å². The molecule has 1 saturated heterocycles. The Balaban J connectivity index is 1.73. The number of rotatable bonds is 3. The van der Waals surface area contributed by atoms with E-state index in [-0.39, 0.29) is 12.0 Å². The summed E-state index contributed by atoms with van der Waals surface area (Å²) in [4.78, 5) is 23.3. The average Bonchev–Trinajstić information content (AvgIpc) is 3.10. The van der Waals surface area contributed by atoms with Gasteiger partial charge in [0.2, 0.25) is 0 Å². The molecule has 138 valence electrons. The van der Waals surface area contributed by atoms with E-state index >= 15 is 0 Å². The second-order valence-electron chi connectivity index (χ2n) is 6.97. The first-order valence-corrected chi connectivity index (χ1v) is 9.47. The van der Waals surface area contributed by atoms with Crippen molar-refractivity contribution in [2.75, 3.05) is 12.0 Å². The number of aromatic nitrogens is 3. The van der Waals surface area contributed by atoms with Gasteiger partial charge in [-0.15, -0.1) is 0 Å². The van der Waals surface area contributed by atoms with Gasteiger partial charge in [-0.1, -0.05) is 23.2 Å². The lowest BCUT2D eigenvalue weighted by Crippen LogP contribution is -2.40. The largest absolute Gasteiger partial charge is 0.467 e. The van der Waals surface area contributed by atoms with Crippen LogP contribution in [0, 0.1) is 5.92 Å². The molecule has 1 aliphatic carbocycles. The average molecular weight is 403 g/mol. The number of carbonyl (C=O) groups excluding carboxylic acids is 1. The molecular weight excluding hydrogens is 387 g/mol. The van der Waals surface area contributed by atoms with Gasteiger partial charge in [0, 0.05) is 29.9 Å². The summed E-state index contributed by atoms with van der Waals surface area (Å²) in [6.07, 6.45) is 7.16. The molecule has 2 aromatic heterocycles. The number of nitrogens with zero attached hydrogens (tertiary/aromatic N) is 4. The molecule has 0 bridgehead atoms. The maximum atomic E-state index is 12.3. The predicted octanol–water partition coefficient (Wildman–Crippen LogP) is 3.87. The van der Waals surface area contributed by atoms with Gasteiger partial charge in [-0.25, -0.2) is 14.8 Å². The van der Waals surface area contributed by atoms with Crippen LogP contribution in [0.1, 0.15) is 12.8 Å². The molecule has 1 unspecified atom stereocenters. The monoisotopic (exact) mass is 402 g/mol. The molecule has 27 heavy (non-hydrogen) atoms. The lowest BCUT2D eigenvalue weighted by molar-refractivity contribution is -0.142. The van der Waals surface area contributed by atoms with E-state index in [1.54, 1.807) is 18.6 Å². The number of ether oxygens (including phenoxy) is 1. The first-order valence-electron chi connectivity index (χ1n) is 8.71. The van der Waals surface area contributed by atoms with Crippen molar-refractivity contribution >= 4 is 45.9 Å². The predicted molar refractivity (Wildman–Crippen MR) is 104 cm³/mol. The van der Waals surface area contributed by atoms with E-state index in [0.717, 1.165) is 23.9 Å². The van der Waals surface area contributed by atoms with Crippen LogP contribution >= 0.6 is 23.2 Å². The third-order valence-electron chi connectivity index (χ3n) is 5.46. The number of methoxy groups -OCH3 is 1. The van der Waals surface area contributed by atoms with E-state index in [0.29, 0.717) is 33.3 Å². The van der Waals surface area contributed by atoms with Crippen molar-refractivity contribution in [2.45, 2.75) is 24.9 Å². The summed E-state index contributed by atoms with van der Waals surface area (Å²) in [5.74, 6) is 0.986. The smallest absolute Gasteiger partial charge is 0.328 e. The molecule has 8 heteroatoms. The molecule has 5 rings (SSSR count). The van der Waals surface area contributed by atoms with Crippen molar-refractivity contribution in [2.24, 2.45) is 5.92 Å². The van der Waals surface area contributed by atoms with Crippen molar-refractivity contribution in [3.05, 3.63) is 47.0 Å². The molecule has 3 heterocycles. The third-order valence-corrected chi connectivity index (χ3v) is 6.26. The molecule has 0 N–H and O–H groups in total. The molecule has 0 spiro atoms. The molecule has 3 aromatic rings. The molecule has 3 atom stereocenters. The fourth-order valence-corrected chi connectivity index (χ4v) is 4.44. The Morgan fingerprint density at radius 2 is 2.15 bits per heavy atom. The van der Waals surface area contributed by atoms with Gasteiger partial charge >= 0.3 is 5.97 Å². The van der Waals surface area contributed by atoms with Gasteiger partial charge < -0.3 is 14.2 Å². The van der Waals surface area contributed by atoms with Gasteiger partial charge in [0.1, 0.15) is 11.9 Å². The van der Waals surface area contributed by atoms with Crippen LogP contribution in [-0.4, -0.2) is 39.7 Å². The second-order valence-corrected chi connectivity index (χ2v) is 7.76. The number of benzene rings is 1. The van der Waals surface area contributed by atoms with E-state index < -0.39 is 0 Å². The van der Waals surface area contributed by atoms with Crippen LogP contribution in [0.5, 0.6) is 0 Å². The lowest BCUT2D eigenvalue weighted by atomic mass is 10.1. The number of esters is 1. The highest BCUT2D eigenvalue weighted by atomic mass is 35.5. The molecule has 1 aromatic carbocycles. The van der Waals surface area contributed by atoms with Crippen molar-refractivity contribution in [3.63, 3.8) is 0 Å². The number of carbonyl (C=O) groups is 1. The Morgan fingerprint density at radius 3 is 2.89 bits per heavy atom. The van der Waals surface area contributed by atoms with Crippen molar-refractivity contribution in [1.82, 2.24) is 14.5 Å². The first-order chi connectivity index (χ1) is 13.1. The van der Waals surface area contributed by atoms with E-state index in [2.05, 4.69) is 9.88 Å². The number of fused-ring (bicyclic) bond motifs is 2. The molecular formula is C19H16Cl2N4O2. The fraction of sp³-hybridized carbons (Fsp3) is 0.316. The van der Waals surface area contributed by atoms with E-state index in [4.69, 9.17) is 32.9 Å². The van der Waals surface area contributed by atoms with Crippen LogP contribution in [0.3, 0.4) is 0 Å². The first kappa shape index (κ1) is 16.8. The zero-order chi connectivity index (χ0) is 18.7. The van der Waals surface area contributed by atoms with Crippen LogP contribution in [-0.2, 0) is 9.53 Å². The number of anilines is 1. The fourth-order valence-electron chi connectivity index (χ4n) is 4.08. The summed E-state index contributed by atoms with van der Waals surface area (Å²) in [5.41, 5.74) is 1.50. The van der Waals surface area contributed by atoms with Gasteiger partial charge in [0.15, 0.2) is 0 Å². The summed E-state index contributed by atoms with van der Waals surface area (Å²) >= 11 is 12.7. The SMILES string of the molecule is COC(=O)[C@@H]1CC2C[C@@H]2N1c1cc(-n2ccnc2)c2ccc(Cl)c(Cl)c2n1. The Labute approximate surface area is 165 Å². The topological polar surface area (TPSA) is 60.2 Å². The van der Waals surface area contributed by atoms with Gasteiger partial charge in [0.05, 0.1) is 34.7 Å². The zero-order valence-corrected chi connectivity index (χ0v) is 16.0. The number of hydrogen-bond acceptors (Lipinski definition) is 5. The minimum Gasteiger partial charge on any atom is -0.467 e. The summed E-state index contributed by atoms with van der Waals surface area (Å²) in [6.45, 7) is 0. The molecule has 0 amide bonds. The highest BCUT2D eigenvalue weighted by Gasteiger charge is 2.55. The third kappa shape index (κ3) is 2.58. The minimum atomic E-state index is -0.322. The molecule has 2 aliphatic rings. The van der Waals surface area contributed by atoms with Gasteiger partial charge in [0.25, 0.3) is 0 Å². The van der Waals surface area contributed by atoms with Crippen LogP contribution in [0.15, 0.2) is 36.9 Å². The van der Waals surface area contributed by atoms with Crippen molar-refractivity contribution < 1.29 is 9.53 Å². The highest BCUT2D eigenvalue weighted by Crippen LogP contribution is 2.50. The Morgan fingerprint density at radius 1 is 1.30 bits per heavy atom. The molecule has 6 nitrogen and oxygen atoms in total. The van der Waals surface area contributed by atoms with E-state index in [1.807, 2.05) is 22.9 Å². The van der Waals surface area contributed by atoms with Gasteiger partial charge in [-0.05, 0) is 30.9 Å². The standard InChI is InChI=1S/C19H16Cl2N4O2/c1-27-19(26)15-7-10-6-13(10)25(15)16-8-14(24-5-4-22-9-24)11-2-3-12(20)17(21)18(11)23-16/h2-5,8-10,13,15H,6-7H2,1H3/t10?,13-,15-/m0/s1. The molecule has 2 fully saturated rings. The van der Waals surface area contributed by atoms with Crippen LogP contribution in [0.25, 0.3) is 16.6 Å². The zero-order valence-electron chi connectivity index (χ0n) is 14.5. The summed E-state index contributed by atoms with van der Waals surface area (Å²) in [6, 6.07) is 5.63. The quantitative estimate of drug-likeness (QED) is 0.622. The normalized spacial score (nSPS) is 23.5. The summed E-state index contributed by atoms with van der Waals surface area (Å²) < 4.78 is 6.92. The van der Waals surface area contributed by atoms with Crippen molar-refractivity contribution in [1.29, 1.82) is 0 Å². The maximum absolute atomic E-state index is 12.3. The maximum Gasteiger partial charge on any atom is 0.328 e. The lowest BCUT2D eigenvalue weighted by Gasteiger charge is -2.27. The minimum absolute atomic E-state index is 0.231. The number of pyridine rings is 1. The number of imidazole rings is 1. The Kier molecular flexibility index (Phi) is 3.81. The van der Waals surface area contributed by atoms with Gasteiger partial charge in [-0.2, -0.15) is 0 Å². The van der Waals surface area contributed by atoms with Crippen molar-refractivity contribution in [3.8, 4) is 5.69 Å². The highest BCUT2D eigenvalue weighted by molar-refractivity contribution is 6.45. The molecule has 1 aliphatic heterocycles. The van der Waals surface area contributed by atoms with Crippen LogP contribution < -0.4 is 4.90 Å². The summed E-state index contributed by atoms with van der Waals surface area (Å²) in [7, 11) is 1.42. The Hall–Kier alpha value is -2.31. The van der Waals surface area contributed by atoms with E-state index in [1.165, 1.54) is 7.11 Å². The molecule has 0 radical (unpaired) electrons. The number of piperidine rings is 1. The summed E-state index contributed by atoms with van der Waals surface area (Å²) in [5, 5.41) is 1.71. The van der Waals surface area contributed by atoms with E-state index in [9.17, 15) is 4.79 Å². The second kappa shape index (κ2) is 6.11.